The summed E-state index contributed by atoms with van der Waals surface area (Å²) in [6.07, 6.45) is 3.23. The largest absolute Gasteiger partial charge is 0.319 e. The maximum absolute atomic E-state index is 12.1. The number of benzene rings is 1. The third-order valence-electron chi connectivity index (χ3n) is 2.85. The molecule has 3 rings (SSSR count). The molecule has 21 heavy (non-hydrogen) atoms. The third-order valence-corrected chi connectivity index (χ3v) is 2.85. The number of carbonyl (C=O) groups is 2. The molecule has 1 aromatic carbocycles. The molecular weight excluding hydrogens is 270 g/mol. The molecule has 0 aliphatic rings. The summed E-state index contributed by atoms with van der Waals surface area (Å²) >= 11 is 0. The number of ketones is 1. The second-order valence-corrected chi connectivity index (χ2v) is 4.39. The molecule has 0 unspecified atom stereocenters. The minimum atomic E-state index is -0.457. The number of carbonyl (C=O) groups excluding carboxylic acids is 2. The Morgan fingerprint density at radius 1 is 1.24 bits per heavy atom. The number of anilines is 1. The molecule has 0 radical (unpaired) electrons. The molecule has 0 aliphatic carbocycles. The van der Waals surface area contributed by atoms with Gasteiger partial charge in [0.25, 0.3) is 11.7 Å². The van der Waals surface area contributed by atoms with Gasteiger partial charge in [0.1, 0.15) is 0 Å². The maximum Gasteiger partial charge on any atom is 0.295 e. The van der Waals surface area contributed by atoms with Crippen molar-refractivity contribution in [3.8, 4) is 0 Å². The second-order valence-electron chi connectivity index (χ2n) is 4.39. The molecule has 3 aromatic rings. The maximum atomic E-state index is 12.1. The van der Waals surface area contributed by atoms with E-state index in [1.54, 1.807) is 42.7 Å². The molecule has 7 nitrogen and oxygen atoms in total. The van der Waals surface area contributed by atoms with Gasteiger partial charge in [-0.25, -0.2) is 9.50 Å². The summed E-state index contributed by atoms with van der Waals surface area (Å²) < 4.78 is 1.42. The van der Waals surface area contributed by atoms with Crippen LogP contribution in [0.5, 0.6) is 0 Å². The van der Waals surface area contributed by atoms with Crippen LogP contribution in [0.2, 0.25) is 0 Å². The topological polar surface area (TPSA) is 89.2 Å². The molecule has 7 heteroatoms. The van der Waals surface area contributed by atoms with Crippen LogP contribution in [0.1, 0.15) is 27.9 Å². The molecule has 104 valence electrons. The van der Waals surface area contributed by atoms with Crippen molar-refractivity contribution in [2.75, 3.05) is 5.32 Å². The van der Waals surface area contributed by atoms with E-state index >= 15 is 0 Å². The fourth-order valence-corrected chi connectivity index (χ4v) is 1.83. The zero-order valence-electron chi connectivity index (χ0n) is 11.1. The van der Waals surface area contributed by atoms with Crippen LogP contribution in [0, 0.1) is 0 Å². The highest BCUT2D eigenvalue weighted by Crippen LogP contribution is 2.12. The minimum Gasteiger partial charge on any atom is -0.319 e. The van der Waals surface area contributed by atoms with Gasteiger partial charge < -0.3 is 5.32 Å². The fourth-order valence-electron chi connectivity index (χ4n) is 1.83. The Hall–Kier alpha value is -3.09. The quantitative estimate of drug-likeness (QED) is 0.736. The minimum absolute atomic E-state index is 0.0157. The SMILES string of the molecule is CC(=O)c1cccc(NC(=O)c2nc3ncccn3n2)c1. The van der Waals surface area contributed by atoms with Gasteiger partial charge in [0.05, 0.1) is 0 Å². The number of hydrogen-bond donors (Lipinski definition) is 1. The Morgan fingerprint density at radius 2 is 2.10 bits per heavy atom. The van der Waals surface area contributed by atoms with E-state index in [0.29, 0.717) is 17.0 Å². The van der Waals surface area contributed by atoms with E-state index in [4.69, 9.17) is 0 Å². The number of Topliss-reactive ketones (excluding diaryl/α,β-unsaturated/α-hetero) is 1. The van der Waals surface area contributed by atoms with Gasteiger partial charge >= 0.3 is 0 Å². The van der Waals surface area contributed by atoms with Gasteiger partial charge in [0, 0.05) is 23.6 Å². The molecule has 0 bridgehead atoms. The van der Waals surface area contributed by atoms with Crippen LogP contribution < -0.4 is 5.32 Å². The van der Waals surface area contributed by atoms with Crippen LogP contribution in [0.25, 0.3) is 5.78 Å². The molecule has 0 aliphatic heterocycles. The van der Waals surface area contributed by atoms with E-state index < -0.39 is 5.91 Å². The lowest BCUT2D eigenvalue weighted by Crippen LogP contribution is -2.14. The average molecular weight is 281 g/mol. The highest BCUT2D eigenvalue weighted by molar-refractivity contribution is 6.03. The zero-order valence-corrected chi connectivity index (χ0v) is 11.1. The van der Waals surface area contributed by atoms with Crippen LogP contribution in [-0.2, 0) is 0 Å². The van der Waals surface area contributed by atoms with Crippen LogP contribution >= 0.6 is 0 Å². The third kappa shape index (κ3) is 2.62. The predicted octanol–water partition coefficient (Wildman–Crippen LogP) is 1.58. The highest BCUT2D eigenvalue weighted by atomic mass is 16.2. The van der Waals surface area contributed by atoms with E-state index in [1.165, 1.54) is 11.4 Å². The van der Waals surface area contributed by atoms with Crippen LogP contribution in [-0.4, -0.2) is 31.3 Å². The van der Waals surface area contributed by atoms with Crippen molar-refractivity contribution in [2.45, 2.75) is 6.92 Å². The highest BCUT2D eigenvalue weighted by Gasteiger charge is 2.13. The summed E-state index contributed by atoms with van der Waals surface area (Å²) in [4.78, 5) is 31.4. The standard InChI is InChI=1S/C14H11N5O2/c1-9(20)10-4-2-5-11(8-10)16-13(21)12-17-14-15-6-3-7-19(14)18-12/h2-8H,1H3,(H,16,21). The summed E-state index contributed by atoms with van der Waals surface area (Å²) in [6.45, 7) is 1.47. The van der Waals surface area contributed by atoms with Crippen molar-refractivity contribution in [3.63, 3.8) is 0 Å². The first-order valence-electron chi connectivity index (χ1n) is 6.23. The van der Waals surface area contributed by atoms with Crippen molar-refractivity contribution in [3.05, 3.63) is 54.1 Å². The van der Waals surface area contributed by atoms with Crippen molar-refractivity contribution >= 4 is 23.2 Å². The summed E-state index contributed by atoms with van der Waals surface area (Å²) in [5.41, 5.74) is 1.04. The lowest BCUT2D eigenvalue weighted by Gasteiger charge is -2.03. The van der Waals surface area contributed by atoms with Crippen molar-refractivity contribution in [1.82, 2.24) is 19.6 Å². The van der Waals surface area contributed by atoms with E-state index in [1.807, 2.05) is 0 Å². The molecule has 0 spiro atoms. The zero-order chi connectivity index (χ0) is 14.8. The Balaban J connectivity index is 1.85. The molecule has 1 N–H and O–H groups in total. The fraction of sp³-hybridized carbons (Fsp3) is 0.0714. The number of aromatic nitrogens is 4. The number of amides is 1. The molecular formula is C14H11N5O2. The first-order chi connectivity index (χ1) is 10.1. The van der Waals surface area contributed by atoms with Gasteiger partial charge in [-0.3, -0.25) is 9.59 Å². The Bertz CT molecular complexity index is 807. The summed E-state index contributed by atoms with van der Waals surface area (Å²) in [5, 5.41) is 6.69. The van der Waals surface area contributed by atoms with Gasteiger partial charge in [0.15, 0.2) is 5.78 Å². The second kappa shape index (κ2) is 5.12. The van der Waals surface area contributed by atoms with Gasteiger partial charge in [-0.2, -0.15) is 4.98 Å². The number of hydrogen-bond acceptors (Lipinski definition) is 5. The number of nitrogens with zero attached hydrogens (tertiary/aromatic N) is 4. The summed E-state index contributed by atoms with van der Waals surface area (Å²) in [7, 11) is 0. The van der Waals surface area contributed by atoms with Crippen LogP contribution in [0.15, 0.2) is 42.7 Å². The molecule has 0 saturated carbocycles. The Kier molecular flexibility index (Phi) is 3.15. The van der Waals surface area contributed by atoms with Crippen molar-refractivity contribution in [2.24, 2.45) is 0 Å². The van der Waals surface area contributed by atoms with Crippen molar-refractivity contribution < 1.29 is 9.59 Å². The average Bonchev–Trinajstić information content (AvgIpc) is 2.91. The van der Waals surface area contributed by atoms with Gasteiger partial charge in [-0.1, -0.05) is 12.1 Å². The number of rotatable bonds is 3. The van der Waals surface area contributed by atoms with Crippen LogP contribution in [0.4, 0.5) is 5.69 Å². The molecule has 0 fully saturated rings. The molecule has 0 atom stereocenters. The summed E-state index contributed by atoms with van der Waals surface area (Å²) in [5.74, 6) is -0.163. The first kappa shape index (κ1) is 12.9. The van der Waals surface area contributed by atoms with Crippen molar-refractivity contribution in [1.29, 1.82) is 0 Å². The number of nitrogens with one attached hydrogen (secondary N) is 1. The van der Waals surface area contributed by atoms with Crippen LogP contribution in [0.3, 0.4) is 0 Å². The van der Waals surface area contributed by atoms with Gasteiger partial charge in [-0.15, -0.1) is 5.10 Å². The lowest BCUT2D eigenvalue weighted by atomic mass is 10.1. The summed E-state index contributed by atoms with van der Waals surface area (Å²) in [6, 6.07) is 8.38. The van der Waals surface area contributed by atoms with E-state index in [0.717, 1.165) is 0 Å². The molecule has 0 saturated heterocycles. The Morgan fingerprint density at radius 3 is 2.86 bits per heavy atom. The van der Waals surface area contributed by atoms with Gasteiger partial charge in [-0.05, 0) is 25.1 Å². The molecule has 2 aromatic heterocycles. The molecule has 1 amide bonds. The van der Waals surface area contributed by atoms with Gasteiger partial charge in [0.2, 0.25) is 5.82 Å². The lowest BCUT2D eigenvalue weighted by molar-refractivity contribution is 0.100. The predicted molar refractivity (Wildman–Crippen MR) is 75.2 cm³/mol. The monoisotopic (exact) mass is 281 g/mol. The first-order valence-corrected chi connectivity index (χ1v) is 6.23. The normalized spacial score (nSPS) is 10.5. The molecule has 2 heterocycles. The smallest absolute Gasteiger partial charge is 0.295 e. The van der Waals surface area contributed by atoms with E-state index in [-0.39, 0.29) is 11.6 Å². The number of fused-ring (bicyclic) bond motifs is 1. The van der Waals surface area contributed by atoms with E-state index in [9.17, 15) is 9.59 Å². The van der Waals surface area contributed by atoms with E-state index in [2.05, 4.69) is 20.4 Å². The Labute approximate surface area is 119 Å².